The van der Waals surface area contributed by atoms with Crippen molar-refractivity contribution in [3.63, 3.8) is 0 Å². The number of hydrogen-bond acceptors (Lipinski definition) is 7. The summed E-state index contributed by atoms with van der Waals surface area (Å²) in [4.78, 5) is 0. The van der Waals surface area contributed by atoms with Crippen molar-refractivity contribution in [1.29, 1.82) is 0 Å². The van der Waals surface area contributed by atoms with Crippen LogP contribution < -0.4 is 18.9 Å². The number of phenolic OH excluding ortho intramolecular Hbond substituents is 1. The Hall–Kier alpha value is -3.35. The van der Waals surface area contributed by atoms with Gasteiger partial charge in [-0.2, -0.15) is 0 Å². The fraction of sp³-hybridized carbons (Fsp3) is 0.211. The second kappa shape index (κ2) is 7.26. The molecule has 7 heteroatoms. The fourth-order valence-electron chi connectivity index (χ4n) is 2.62. The van der Waals surface area contributed by atoms with E-state index in [-0.39, 0.29) is 5.75 Å². The zero-order valence-electron chi connectivity index (χ0n) is 14.9. The molecule has 0 saturated carbocycles. The summed E-state index contributed by atoms with van der Waals surface area (Å²) in [6.45, 7) is 0. The Morgan fingerprint density at radius 2 is 1.42 bits per heavy atom. The van der Waals surface area contributed by atoms with Gasteiger partial charge in [0.15, 0.2) is 28.8 Å². The van der Waals surface area contributed by atoms with E-state index in [2.05, 4.69) is 5.16 Å². The molecule has 0 bridgehead atoms. The number of phenols is 1. The highest BCUT2D eigenvalue weighted by molar-refractivity contribution is 5.72. The second-order valence-electron chi connectivity index (χ2n) is 5.38. The third kappa shape index (κ3) is 3.11. The van der Waals surface area contributed by atoms with E-state index in [1.807, 2.05) is 0 Å². The van der Waals surface area contributed by atoms with Gasteiger partial charge in [-0.15, -0.1) is 0 Å². The predicted octanol–water partition coefficient (Wildman–Crippen LogP) is 3.75. The molecule has 0 aliphatic rings. The quantitative estimate of drug-likeness (QED) is 0.719. The van der Waals surface area contributed by atoms with Crippen LogP contribution in [0.5, 0.6) is 28.7 Å². The Balaban J connectivity index is 2.01. The number of aromatic hydroxyl groups is 1. The lowest BCUT2D eigenvalue weighted by atomic mass is 10.1. The van der Waals surface area contributed by atoms with Gasteiger partial charge < -0.3 is 28.6 Å². The van der Waals surface area contributed by atoms with Crippen molar-refractivity contribution in [2.24, 2.45) is 0 Å². The highest BCUT2D eigenvalue weighted by atomic mass is 16.5. The van der Waals surface area contributed by atoms with Gasteiger partial charge in [-0.05, 0) is 30.3 Å². The lowest BCUT2D eigenvalue weighted by molar-refractivity contribution is 0.324. The molecule has 0 aliphatic heterocycles. The highest BCUT2D eigenvalue weighted by Crippen LogP contribution is 2.41. The van der Waals surface area contributed by atoms with E-state index in [4.69, 9.17) is 23.5 Å². The van der Waals surface area contributed by atoms with Gasteiger partial charge in [0.1, 0.15) is 5.69 Å². The fourth-order valence-corrected chi connectivity index (χ4v) is 2.62. The van der Waals surface area contributed by atoms with Gasteiger partial charge in [0, 0.05) is 17.2 Å². The minimum Gasteiger partial charge on any atom is -0.504 e. The maximum Gasteiger partial charge on any atom is 0.203 e. The summed E-state index contributed by atoms with van der Waals surface area (Å²) in [6.07, 6.45) is 0. The van der Waals surface area contributed by atoms with Gasteiger partial charge in [-0.25, -0.2) is 0 Å². The molecular formula is C19H19NO6. The Morgan fingerprint density at radius 1 is 0.769 bits per heavy atom. The molecule has 0 unspecified atom stereocenters. The normalized spacial score (nSPS) is 10.5. The van der Waals surface area contributed by atoms with E-state index in [0.29, 0.717) is 40.0 Å². The molecule has 1 aromatic heterocycles. The number of benzene rings is 2. The molecule has 0 saturated heterocycles. The smallest absolute Gasteiger partial charge is 0.203 e. The molecule has 1 N–H and O–H groups in total. The van der Waals surface area contributed by atoms with Crippen molar-refractivity contribution < 1.29 is 28.6 Å². The van der Waals surface area contributed by atoms with Crippen LogP contribution in [0, 0.1) is 0 Å². The molecule has 0 amide bonds. The predicted molar refractivity (Wildman–Crippen MR) is 95.2 cm³/mol. The van der Waals surface area contributed by atoms with Crippen molar-refractivity contribution in [2.75, 3.05) is 28.4 Å². The number of rotatable bonds is 6. The first-order valence-corrected chi connectivity index (χ1v) is 7.75. The molecule has 26 heavy (non-hydrogen) atoms. The van der Waals surface area contributed by atoms with E-state index in [1.54, 1.807) is 57.7 Å². The van der Waals surface area contributed by atoms with Crippen LogP contribution in [0.3, 0.4) is 0 Å². The molecule has 2 aromatic carbocycles. The molecule has 1 heterocycles. The van der Waals surface area contributed by atoms with Crippen molar-refractivity contribution in [2.45, 2.75) is 0 Å². The molecule has 3 aromatic rings. The van der Waals surface area contributed by atoms with Gasteiger partial charge in [0.05, 0.1) is 28.4 Å². The Kier molecular flexibility index (Phi) is 4.88. The minimum atomic E-state index is 0.0238. The maximum atomic E-state index is 9.94. The average molecular weight is 357 g/mol. The third-order valence-electron chi connectivity index (χ3n) is 3.93. The molecule has 0 atom stereocenters. The maximum absolute atomic E-state index is 9.94. The van der Waals surface area contributed by atoms with Gasteiger partial charge in [0.2, 0.25) is 5.75 Å². The van der Waals surface area contributed by atoms with Crippen LogP contribution in [0.25, 0.3) is 22.6 Å². The summed E-state index contributed by atoms with van der Waals surface area (Å²) in [5, 5.41) is 14.0. The summed E-state index contributed by atoms with van der Waals surface area (Å²) in [5.74, 6) is 2.46. The lowest BCUT2D eigenvalue weighted by Crippen LogP contribution is -1.95. The van der Waals surface area contributed by atoms with Crippen LogP contribution in [0.4, 0.5) is 0 Å². The molecule has 0 radical (unpaired) electrons. The number of nitrogens with zero attached hydrogens (tertiary/aromatic N) is 1. The van der Waals surface area contributed by atoms with Crippen molar-refractivity contribution >= 4 is 0 Å². The Morgan fingerprint density at radius 3 is 1.96 bits per heavy atom. The molecule has 7 nitrogen and oxygen atoms in total. The van der Waals surface area contributed by atoms with Crippen LogP contribution >= 0.6 is 0 Å². The van der Waals surface area contributed by atoms with Crippen molar-refractivity contribution in [3.8, 4) is 51.3 Å². The number of ether oxygens (including phenoxy) is 4. The van der Waals surface area contributed by atoms with Crippen molar-refractivity contribution in [1.82, 2.24) is 5.16 Å². The van der Waals surface area contributed by atoms with Gasteiger partial charge >= 0.3 is 0 Å². The largest absolute Gasteiger partial charge is 0.504 e. The molecular weight excluding hydrogens is 338 g/mol. The summed E-state index contributed by atoms with van der Waals surface area (Å²) in [5.41, 5.74) is 2.01. The molecule has 136 valence electrons. The average Bonchev–Trinajstić information content (AvgIpc) is 3.16. The zero-order valence-corrected chi connectivity index (χ0v) is 14.9. The number of aromatic nitrogens is 1. The first kappa shape index (κ1) is 17.5. The summed E-state index contributed by atoms with van der Waals surface area (Å²) in [6, 6.07) is 10.3. The molecule has 0 aliphatic carbocycles. The van der Waals surface area contributed by atoms with E-state index in [1.165, 1.54) is 7.11 Å². The summed E-state index contributed by atoms with van der Waals surface area (Å²) in [7, 11) is 6.14. The summed E-state index contributed by atoms with van der Waals surface area (Å²) >= 11 is 0. The van der Waals surface area contributed by atoms with E-state index in [0.717, 1.165) is 5.56 Å². The van der Waals surface area contributed by atoms with Crippen LogP contribution in [-0.2, 0) is 0 Å². The SMILES string of the molecule is COc1ccc(-c2cc(-c3cc(OC)c(OC)c(OC)c3)no2)cc1O. The van der Waals surface area contributed by atoms with E-state index in [9.17, 15) is 5.11 Å². The minimum absolute atomic E-state index is 0.0238. The first-order valence-electron chi connectivity index (χ1n) is 7.75. The highest BCUT2D eigenvalue weighted by Gasteiger charge is 2.17. The van der Waals surface area contributed by atoms with Gasteiger partial charge in [0.25, 0.3) is 0 Å². The Bertz CT molecular complexity index is 893. The van der Waals surface area contributed by atoms with Crippen molar-refractivity contribution in [3.05, 3.63) is 36.4 Å². The monoisotopic (exact) mass is 357 g/mol. The third-order valence-corrected chi connectivity index (χ3v) is 3.93. The van der Waals surface area contributed by atoms with E-state index < -0.39 is 0 Å². The second-order valence-corrected chi connectivity index (χ2v) is 5.38. The van der Waals surface area contributed by atoms with Crippen LogP contribution in [0.2, 0.25) is 0 Å². The molecule has 0 fully saturated rings. The zero-order chi connectivity index (χ0) is 18.7. The topological polar surface area (TPSA) is 83.2 Å². The standard InChI is InChI=1S/C19H19NO6/c1-22-15-6-5-11(7-14(15)21)16-10-13(20-26-16)12-8-17(23-2)19(25-4)18(9-12)24-3/h5-10,21H,1-4H3. The lowest BCUT2D eigenvalue weighted by Gasteiger charge is -2.13. The van der Waals surface area contributed by atoms with Crippen LogP contribution in [-0.4, -0.2) is 38.7 Å². The summed E-state index contributed by atoms with van der Waals surface area (Å²) < 4.78 is 26.5. The van der Waals surface area contributed by atoms with Gasteiger partial charge in [-0.3, -0.25) is 0 Å². The number of methoxy groups -OCH3 is 4. The first-order chi connectivity index (χ1) is 12.6. The van der Waals surface area contributed by atoms with Gasteiger partial charge in [-0.1, -0.05) is 5.16 Å². The van der Waals surface area contributed by atoms with Crippen LogP contribution in [0.15, 0.2) is 40.9 Å². The number of hydrogen-bond donors (Lipinski definition) is 1. The Labute approximate surface area is 150 Å². The van der Waals surface area contributed by atoms with E-state index >= 15 is 0 Å². The molecule has 0 spiro atoms. The van der Waals surface area contributed by atoms with Crippen LogP contribution in [0.1, 0.15) is 0 Å². The molecule has 3 rings (SSSR count).